The van der Waals surface area contributed by atoms with E-state index in [1.54, 1.807) is 0 Å². The Labute approximate surface area is 184 Å². The summed E-state index contributed by atoms with van der Waals surface area (Å²) in [5.74, 6) is 1.79. The molecule has 0 aliphatic carbocycles. The highest BCUT2D eigenvalue weighted by Crippen LogP contribution is 2.62. The van der Waals surface area contributed by atoms with Crippen LogP contribution in [0.25, 0.3) is 0 Å². The lowest BCUT2D eigenvalue weighted by Gasteiger charge is -2.27. The molecule has 4 aromatic rings. The normalized spacial score (nSPS) is 14.1. The molecular formula is C28H24NOP+2. The standard InChI is InChI=1S/C28H24NOP/c1-23(21-24-22-29-20-12-11-19-28(29)30-24)31(25-13-5-2-6-14-25,26-15-7-3-8-16-26)27-17-9-4-10-18-27/h2-21H,1,22H2/q+2/b24-21-. The molecule has 31 heavy (non-hydrogen) atoms. The van der Waals surface area contributed by atoms with Gasteiger partial charge < -0.3 is 4.74 Å². The molecule has 0 radical (unpaired) electrons. The van der Waals surface area contributed by atoms with Crippen LogP contribution in [-0.4, -0.2) is 0 Å². The Kier molecular flexibility index (Phi) is 5.24. The molecule has 150 valence electrons. The van der Waals surface area contributed by atoms with Gasteiger partial charge in [0.1, 0.15) is 28.5 Å². The van der Waals surface area contributed by atoms with Crippen LogP contribution in [0.3, 0.4) is 0 Å². The van der Waals surface area contributed by atoms with Crippen molar-refractivity contribution < 1.29 is 9.30 Å². The van der Waals surface area contributed by atoms with E-state index in [1.807, 2.05) is 24.4 Å². The Balaban J connectivity index is 1.71. The quantitative estimate of drug-likeness (QED) is 0.335. The van der Waals surface area contributed by atoms with Crippen molar-refractivity contribution >= 4 is 23.2 Å². The smallest absolute Gasteiger partial charge is 0.373 e. The van der Waals surface area contributed by atoms with Gasteiger partial charge in [-0.15, -0.1) is 0 Å². The molecule has 0 spiro atoms. The van der Waals surface area contributed by atoms with E-state index in [0.29, 0.717) is 6.54 Å². The molecule has 0 fully saturated rings. The Hall–Kier alpha value is -3.48. The van der Waals surface area contributed by atoms with Gasteiger partial charge in [-0.2, -0.15) is 4.57 Å². The molecule has 5 rings (SSSR count). The fraction of sp³-hybridized carbons (Fsp3) is 0.0357. The van der Waals surface area contributed by atoms with Gasteiger partial charge in [-0.3, -0.25) is 0 Å². The molecule has 0 amide bonds. The van der Waals surface area contributed by atoms with Crippen molar-refractivity contribution in [1.29, 1.82) is 0 Å². The van der Waals surface area contributed by atoms with Gasteiger partial charge in [0.25, 0.3) is 0 Å². The number of ether oxygens (including phenoxy) is 1. The molecule has 2 nitrogen and oxygen atoms in total. The van der Waals surface area contributed by atoms with E-state index in [1.165, 1.54) is 15.9 Å². The number of benzene rings is 3. The minimum Gasteiger partial charge on any atom is -0.403 e. The summed E-state index contributed by atoms with van der Waals surface area (Å²) in [4.78, 5) is 0. The van der Waals surface area contributed by atoms with E-state index in [9.17, 15) is 0 Å². The van der Waals surface area contributed by atoms with Gasteiger partial charge in [-0.25, -0.2) is 0 Å². The van der Waals surface area contributed by atoms with Crippen LogP contribution in [0.4, 0.5) is 0 Å². The average molecular weight is 421 g/mol. The van der Waals surface area contributed by atoms with Crippen molar-refractivity contribution in [1.82, 2.24) is 0 Å². The molecule has 0 saturated heterocycles. The summed E-state index contributed by atoms with van der Waals surface area (Å²) in [6, 6.07) is 38.4. The summed E-state index contributed by atoms with van der Waals surface area (Å²) in [6.07, 6.45) is 4.21. The fourth-order valence-electron chi connectivity index (χ4n) is 4.28. The predicted molar refractivity (Wildman–Crippen MR) is 130 cm³/mol. The summed E-state index contributed by atoms with van der Waals surface area (Å²) in [5.41, 5.74) is 0. The monoisotopic (exact) mass is 421 g/mol. The zero-order valence-corrected chi connectivity index (χ0v) is 18.2. The maximum absolute atomic E-state index is 6.16. The van der Waals surface area contributed by atoms with E-state index in [4.69, 9.17) is 4.74 Å². The fourth-order valence-corrected chi connectivity index (χ4v) is 8.36. The Morgan fingerprint density at radius 3 is 1.68 bits per heavy atom. The Bertz CT molecular complexity index is 1110. The lowest BCUT2D eigenvalue weighted by atomic mass is 10.3. The van der Waals surface area contributed by atoms with Crippen LogP contribution >= 0.6 is 7.26 Å². The minimum atomic E-state index is -2.15. The first-order valence-corrected chi connectivity index (χ1v) is 12.2. The second-order valence-electron chi connectivity index (χ2n) is 7.55. The van der Waals surface area contributed by atoms with Crippen LogP contribution in [0.15, 0.2) is 139 Å². The third kappa shape index (κ3) is 3.50. The van der Waals surface area contributed by atoms with Crippen LogP contribution in [0, 0.1) is 0 Å². The first-order chi connectivity index (χ1) is 15.3. The Morgan fingerprint density at radius 1 is 0.710 bits per heavy atom. The van der Waals surface area contributed by atoms with Crippen LogP contribution in [-0.2, 0) is 6.54 Å². The number of pyridine rings is 1. The molecule has 3 aromatic carbocycles. The SMILES string of the molecule is C=C(/C=C1/C[n+]2ccccc2O1)[P+](c1ccccc1)(c1ccccc1)c1ccccc1. The summed E-state index contributed by atoms with van der Waals surface area (Å²) in [5, 5.41) is 4.95. The summed E-state index contributed by atoms with van der Waals surface area (Å²) < 4.78 is 8.28. The van der Waals surface area contributed by atoms with Crippen molar-refractivity contribution in [2.75, 3.05) is 0 Å². The van der Waals surface area contributed by atoms with Crippen LogP contribution in [0.1, 0.15) is 0 Å². The van der Waals surface area contributed by atoms with E-state index in [2.05, 4.69) is 108 Å². The molecule has 0 saturated carbocycles. The molecular weight excluding hydrogens is 397 g/mol. The Morgan fingerprint density at radius 2 is 1.19 bits per heavy atom. The molecule has 1 aliphatic heterocycles. The second-order valence-corrected chi connectivity index (χ2v) is 11.0. The molecule has 0 unspecified atom stereocenters. The summed E-state index contributed by atoms with van der Waals surface area (Å²) in [7, 11) is -2.15. The number of rotatable bonds is 5. The van der Waals surface area contributed by atoms with Gasteiger partial charge in [-0.05, 0) is 42.5 Å². The molecule has 1 aromatic heterocycles. The second kappa shape index (κ2) is 8.34. The number of allylic oxidation sites excluding steroid dienone is 3. The van der Waals surface area contributed by atoms with Crippen LogP contribution < -0.4 is 25.2 Å². The first-order valence-electron chi connectivity index (χ1n) is 10.4. The van der Waals surface area contributed by atoms with Gasteiger partial charge in [0.05, 0.1) is 6.07 Å². The highest BCUT2D eigenvalue weighted by Gasteiger charge is 2.48. The third-order valence-corrected chi connectivity index (χ3v) is 9.86. The number of nitrogens with zero attached hydrogens (tertiary/aromatic N) is 1. The van der Waals surface area contributed by atoms with E-state index in [0.717, 1.165) is 17.0 Å². The van der Waals surface area contributed by atoms with Gasteiger partial charge >= 0.3 is 5.88 Å². The summed E-state index contributed by atoms with van der Waals surface area (Å²) in [6.45, 7) is 5.38. The van der Waals surface area contributed by atoms with Gasteiger partial charge in [-0.1, -0.05) is 61.2 Å². The zero-order valence-electron chi connectivity index (χ0n) is 17.3. The van der Waals surface area contributed by atoms with E-state index >= 15 is 0 Å². The highest BCUT2D eigenvalue weighted by molar-refractivity contribution is 7.99. The van der Waals surface area contributed by atoms with E-state index in [-0.39, 0.29) is 0 Å². The van der Waals surface area contributed by atoms with Crippen molar-refractivity contribution in [2.45, 2.75) is 6.54 Å². The van der Waals surface area contributed by atoms with E-state index < -0.39 is 7.26 Å². The number of aromatic nitrogens is 1. The predicted octanol–water partition coefficient (Wildman–Crippen LogP) is 4.76. The third-order valence-electron chi connectivity index (χ3n) is 5.65. The van der Waals surface area contributed by atoms with Crippen molar-refractivity contribution in [2.24, 2.45) is 0 Å². The molecule has 3 heteroatoms. The minimum absolute atomic E-state index is 0.716. The lowest BCUT2D eigenvalue weighted by Crippen LogP contribution is -2.32. The van der Waals surface area contributed by atoms with Crippen LogP contribution in [0.2, 0.25) is 0 Å². The number of hydrogen-bond donors (Lipinski definition) is 0. The zero-order chi connectivity index (χ0) is 21.1. The first kappa shape index (κ1) is 19.5. The number of hydrogen-bond acceptors (Lipinski definition) is 1. The summed E-state index contributed by atoms with van der Waals surface area (Å²) >= 11 is 0. The molecule has 0 atom stereocenters. The largest absolute Gasteiger partial charge is 0.403 e. The van der Waals surface area contributed by atoms with Gasteiger partial charge in [0.2, 0.25) is 6.54 Å². The highest BCUT2D eigenvalue weighted by atomic mass is 31.2. The van der Waals surface area contributed by atoms with Gasteiger partial charge in [0.15, 0.2) is 12.0 Å². The maximum Gasteiger partial charge on any atom is 0.373 e. The van der Waals surface area contributed by atoms with Crippen LogP contribution in [0.5, 0.6) is 5.88 Å². The average Bonchev–Trinajstić information content (AvgIpc) is 3.24. The molecule has 0 bridgehead atoms. The lowest BCUT2D eigenvalue weighted by molar-refractivity contribution is -0.677. The van der Waals surface area contributed by atoms with Crippen molar-refractivity contribution in [3.05, 3.63) is 139 Å². The maximum atomic E-state index is 6.16. The van der Waals surface area contributed by atoms with Crippen molar-refractivity contribution in [3.8, 4) is 5.88 Å². The molecule has 2 heterocycles. The topological polar surface area (TPSA) is 13.1 Å². The number of fused-ring (bicyclic) bond motifs is 1. The van der Waals surface area contributed by atoms with Crippen molar-refractivity contribution in [3.63, 3.8) is 0 Å². The molecule has 0 N–H and O–H groups in total. The molecule has 1 aliphatic rings. The van der Waals surface area contributed by atoms with Gasteiger partial charge in [0, 0.05) is 12.1 Å².